The maximum absolute atomic E-state index is 12.9. The van der Waals surface area contributed by atoms with Gasteiger partial charge in [-0.3, -0.25) is 4.79 Å². The van der Waals surface area contributed by atoms with Crippen LogP contribution in [0.15, 0.2) is 77.0 Å². The van der Waals surface area contributed by atoms with Crippen LogP contribution in [-0.2, 0) is 6.61 Å². The highest BCUT2D eigenvalue weighted by Crippen LogP contribution is 2.22. The quantitative estimate of drug-likeness (QED) is 0.375. The number of aromatic amines is 1. The summed E-state index contributed by atoms with van der Waals surface area (Å²) in [4.78, 5) is 24.6. The van der Waals surface area contributed by atoms with E-state index >= 15 is 0 Å². The third-order valence-corrected chi connectivity index (χ3v) is 5.34. The molecule has 9 nitrogen and oxygen atoms in total. The summed E-state index contributed by atoms with van der Waals surface area (Å²) in [6, 6.07) is 16.4. The zero-order valence-electron chi connectivity index (χ0n) is 18.6. The van der Waals surface area contributed by atoms with Crippen molar-refractivity contribution < 1.29 is 14.2 Å². The van der Waals surface area contributed by atoms with E-state index in [0.29, 0.717) is 46.1 Å². The van der Waals surface area contributed by atoms with Gasteiger partial charge < -0.3 is 19.2 Å². The Morgan fingerprint density at radius 1 is 1.06 bits per heavy atom. The second-order valence-corrected chi connectivity index (χ2v) is 7.42. The van der Waals surface area contributed by atoms with Crippen molar-refractivity contribution in [2.24, 2.45) is 5.10 Å². The van der Waals surface area contributed by atoms with Crippen LogP contribution in [0.2, 0.25) is 0 Å². The molecular formula is C25H21N5O4. The number of pyridine rings is 2. The molecular weight excluding hydrogens is 434 g/mol. The Morgan fingerprint density at radius 3 is 2.76 bits per heavy atom. The monoisotopic (exact) mass is 455 g/mol. The first-order chi connectivity index (χ1) is 16.7. The zero-order chi connectivity index (χ0) is 23.5. The third-order valence-electron chi connectivity index (χ3n) is 5.34. The Balaban J connectivity index is 1.45. The number of benzene rings is 2. The molecule has 0 aliphatic rings. The topological polar surface area (TPSA) is 104 Å². The van der Waals surface area contributed by atoms with Crippen molar-refractivity contribution in [3.05, 3.63) is 88.5 Å². The molecule has 1 N–H and O–H groups in total. The van der Waals surface area contributed by atoms with E-state index in [9.17, 15) is 4.79 Å². The maximum atomic E-state index is 12.9. The molecule has 0 atom stereocenters. The number of rotatable bonds is 7. The van der Waals surface area contributed by atoms with Gasteiger partial charge in [0.2, 0.25) is 11.3 Å². The first kappa shape index (κ1) is 21.2. The second-order valence-electron chi connectivity index (χ2n) is 7.42. The normalized spacial score (nSPS) is 11.4. The van der Waals surface area contributed by atoms with Crippen molar-refractivity contribution in [2.45, 2.75) is 6.61 Å². The number of ether oxygens (including phenoxy) is 3. The van der Waals surface area contributed by atoms with Crippen molar-refractivity contribution in [1.82, 2.24) is 19.6 Å². The molecule has 9 heteroatoms. The van der Waals surface area contributed by atoms with Gasteiger partial charge in [-0.15, -0.1) is 0 Å². The van der Waals surface area contributed by atoms with E-state index in [0.717, 1.165) is 11.1 Å². The zero-order valence-corrected chi connectivity index (χ0v) is 18.6. The number of methoxy groups -OCH3 is 2. The minimum Gasteiger partial charge on any atom is -0.497 e. The fraction of sp³-hybridized carbons (Fsp3) is 0.120. The predicted octanol–water partition coefficient (Wildman–Crippen LogP) is 3.75. The molecule has 0 aliphatic heterocycles. The molecule has 5 aromatic rings. The van der Waals surface area contributed by atoms with E-state index < -0.39 is 0 Å². The molecule has 0 radical (unpaired) electrons. The summed E-state index contributed by atoms with van der Waals surface area (Å²) in [6.07, 6.45) is 4.86. The lowest BCUT2D eigenvalue weighted by atomic mass is 10.1. The number of aromatic nitrogens is 4. The highest BCUT2D eigenvalue weighted by Gasteiger charge is 2.12. The van der Waals surface area contributed by atoms with Gasteiger partial charge in [0.25, 0.3) is 0 Å². The molecule has 0 amide bonds. The number of fused-ring (bicyclic) bond motifs is 2. The average molecular weight is 455 g/mol. The van der Waals surface area contributed by atoms with E-state index in [-0.39, 0.29) is 5.43 Å². The second kappa shape index (κ2) is 9.07. The minimum absolute atomic E-state index is 0.185. The Hall–Kier alpha value is -4.66. The average Bonchev–Trinajstić information content (AvgIpc) is 3.29. The van der Waals surface area contributed by atoms with Gasteiger partial charge in [0, 0.05) is 17.8 Å². The summed E-state index contributed by atoms with van der Waals surface area (Å²) in [5.41, 5.74) is 2.97. The molecule has 5 rings (SSSR count). The summed E-state index contributed by atoms with van der Waals surface area (Å²) in [5, 5.41) is 5.01. The fourth-order valence-electron chi connectivity index (χ4n) is 3.62. The lowest BCUT2D eigenvalue weighted by Crippen LogP contribution is -2.05. The van der Waals surface area contributed by atoms with Gasteiger partial charge in [-0.05, 0) is 48.0 Å². The molecule has 0 aliphatic carbocycles. The lowest BCUT2D eigenvalue weighted by Gasteiger charge is -2.10. The van der Waals surface area contributed by atoms with Crippen molar-refractivity contribution in [3.8, 4) is 17.4 Å². The summed E-state index contributed by atoms with van der Waals surface area (Å²) in [5.74, 6) is 1.84. The van der Waals surface area contributed by atoms with Crippen LogP contribution in [0.4, 0.5) is 0 Å². The highest BCUT2D eigenvalue weighted by atomic mass is 16.5. The number of hydrogen-bond donors (Lipinski definition) is 1. The van der Waals surface area contributed by atoms with Crippen molar-refractivity contribution in [2.75, 3.05) is 14.2 Å². The lowest BCUT2D eigenvalue weighted by molar-refractivity contribution is 0.285. The first-order valence-corrected chi connectivity index (χ1v) is 10.5. The Morgan fingerprint density at radius 2 is 1.97 bits per heavy atom. The SMILES string of the molecule is COc1ccc2[nH]c3c(ncn3N=Cc3ccc(OC)c(COc4ccccn4)c3)c(=O)c2c1. The number of nitrogens with zero attached hydrogens (tertiary/aromatic N) is 4. The largest absolute Gasteiger partial charge is 0.497 e. The minimum atomic E-state index is -0.185. The molecule has 170 valence electrons. The molecule has 0 saturated carbocycles. The number of hydrogen-bond acceptors (Lipinski definition) is 7. The molecule has 2 aromatic carbocycles. The first-order valence-electron chi connectivity index (χ1n) is 10.5. The third kappa shape index (κ3) is 4.06. The van der Waals surface area contributed by atoms with Crippen molar-refractivity contribution in [1.29, 1.82) is 0 Å². The number of imidazole rings is 1. The molecule has 0 fully saturated rings. The van der Waals surface area contributed by atoms with E-state index in [1.165, 1.54) is 11.0 Å². The van der Waals surface area contributed by atoms with Crippen LogP contribution in [0.5, 0.6) is 17.4 Å². The van der Waals surface area contributed by atoms with Gasteiger partial charge in [0.1, 0.15) is 24.4 Å². The smallest absolute Gasteiger partial charge is 0.217 e. The van der Waals surface area contributed by atoms with Gasteiger partial charge in [0.05, 0.1) is 31.3 Å². The molecule has 0 bridgehead atoms. The standard InChI is InChI=1S/C25H21N5O4/c1-32-18-7-8-20-19(12-18)24(31)23-25(29-20)30(15-27-23)28-13-16-6-9-21(33-2)17(11-16)14-34-22-5-3-4-10-26-22/h3-13,15H,14H2,1-2H3,(H,29,31). The van der Waals surface area contributed by atoms with Crippen LogP contribution >= 0.6 is 0 Å². The maximum Gasteiger partial charge on any atom is 0.217 e. The summed E-state index contributed by atoms with van der Waals surface area (Å²) in [6.45, 7) is 0.290. The predicted molar refractivity (Wildman–Crippen MR) is 129 cm³/mol. The summed E-state index contributed by atoms with van der Waals surface area (Å²) >= 11 is 0. The number of H-pyrrole nitrogens is 1. The van der Waals surface area contributed by atoms with Crippen LogP contribution in [-0.4, -0.2) is 40.1 Å². The Labute approximate surface area is 194 Å². The Kier molecular flexibility index (Phi) is 5.65. The summed E-state index contributed by atoms with van der Waals surface area (Å²) < 4.78 is 18.0. The van der Waals surface area contributed by atoms with Crippen LogP contribution < -0.4 is 19.6 Å². The van der Waals surface area contributed by atoms with Gasteiger partial charge in [-0.2, -0.15) is 5.10 Å². The van der Waals surface area contributed by atoms with Crippen molar-refractivity contribution >= 4 is 28.3 Å². The van der Waals surface area contributed by atoms with E-state index in [2.05, 4.69) is 20.1 Å². The van der Waals surface area contributed by atoms with Crippen LogP contribution in [0, 0.1) is 0 Å². The molecule has 34 heavy (non-hydrogen) atoms. The van der Waals surface area contributed by atoms with Crippen LogP contribution in [0.25, 0.3) is 22.1 Å². The van der Waals surface area contributed by atoms with Crippen LogP contribution in [0.3, 0.4) is 0 Å². The fourth-order valence-corrected chi connectivity index (χ4v) is 3.62. The molecule has 0 unspecified atom stereocenters. The Bertz CT molecular complexity index is 1560. The van der Waals surface area contributed by atoms with Gasteiger partial charge in [-0.25, -0.2) is 14.6 Å². The molecule has 3 aromatic heterocycles. The van der Waals surface area contributed by atoms with E-state index in [1.807, 2.05) is 30.3 Å². The molecule has 3 heterocycles. The van der Waals surface area contributed by atoms with E-state index in [1.54, 1.807) is 50.9 Å². The summed E-state index contributed by atoms with van der Waals surface area (Å²) in [7, 11) is 3.17. The van der Waals surface area contributed by atoms with Gasteiger partial charge in [0.15, 0.2) is 11.2 Å². The van der Waals surface area contributed by atoms with Crippen LogP contribution in [0.1, 0.15) is 11.1 Å². The van der Waals surface area contributed by atoms with Gasteiger partial charge in [-0.1, -0.05) is 6.07 Å². The molecule has 0 spiro atoms. The highest BCUT2D eigenvalue weighted by molar-refractivity contribution is 5.90. The molecule has 0 saturated heterocycles. The van der Waals surface area contributed by atoms with E-state index in [4.69, 9.17) is 14.2 Å². The number of nitrogens with one attached hydrogen (secondary N) is 1. The van der Waals surface area contributed by atoms with Crippen molar-refractivity contribution in [3.63, 3.8) is 0 Å². The van der Waals surface area contributed by atoms with Gasteiger partial charge >= 0.3 is 0 Å².